The van der Waals surface area contributed by atoms with Crippen molar-refractivity contribution >= 4 is 34.8 Å². The van der Waals surface area contributed by atoms with Gasteiger partial charge in [-0.15, -0.1) is 11.3 Å². The molecule has 3 rings (SSSR count). The first-order chi connectivity index (χ1) is 11.6. The fraction of sp³-hybridized carbons (Fsp3) is 0.667. The number of hydrogen-bond acceptors (Lipinski definition) is 3. The topological polar surface area (TPSA) is 40.6 Å². The molecular weight excluding hydrogens is 344 g/mol. The molecule has 6 heteroatoms. The van der Waals surface area contributed by atoms with Crippen LogP contribution in [0.3, 0.4) is 0 Å². The van der Waals surface area contributed by atoms with E-state index in [9.17, 15) is 9.59 Å². The zero-order valence-electron chi connectivity index (χ0n) is 14.0. The van der Waals surface area contributed by atoms with Gasteiger partial charge in [0.15, 0.2) is 0 Å². The molecule has 4 nitrogen and oxygen atoms in total. The number of thiophene rings is 1. The lowest BCUT2D eigenvalue weighted by molar-refractivity contribution is -0.136. The molecule has 0 bridgehead atoms. The maximum absolute atomic E-state index is 12.4. The van der Waals surface area contributed by atoms with Gasteiger partial charge in [-0.2, -0.15) is 0 Å². The Morgan fingerprint density at radius 3 is 2.67 bits per heavy atom. The minimum absolute atomic E-state index is 0.243. The first-order valence-corrected chi connectivity index (χ1v) is 10.1. The summed E-state index contributed by atoms with van der Waals surface area (Å²) in [6.07, 6.45) is 6.25. The highest BCUT2D eigenvalue weighted by Crippen LogP contribution is 2.24. The van der Waals surface area contributed by atoms with Gasteiger partial charge >= 0.3 is 0 Å². The summed E-state index contributed by atoms with van der Waals surface area (Å²) in [4.78, 5) is 29.5. The van der Waals surface area contributed by atoms with Crippen molar-refractivity contribution in [1.29, 1.82) is 0 Å². The first-order valence-electron chi connectivity index (χ1n) is 8.91. The van der Waals surface area contributed by atoms with Crippen LogP contribution in [0.15, 0.2) is 12.1 Å². The molecule has 0 aromatic carbocycles. The summed E-state index contributed by atoms with van der Waals surface area (Å²) in [6, 6.07) is 3.89. The Bertz CT molecular complexity index is 581. The van der Waals surface area contributed by atoms with Crippen LogP contribution in [0.1, 0.15) is 43.4 Å². The first kappa shape index (κ1) is 17.7. The van der Waals surface area contributed by atoms with Gasteiger partial charge in [0.05, 0.1) is 4.34 Å². The van der Waals surface area contributed by atoms with E-state index in [1.807, 2.05) is 21.9 Å². The van der Waals surface area contributed by atoms with E-state index in [0.29, 0.717) is 24.7 Å². The second-order valence-electron chi connectivity index (χ2n) is 6.83. The number of amides is 2. The molecule has 0 saturated carbocycles. The molecule has 0 spiro atoms. The molecule has 132 valence electrons. The molecule has 0 aliphatic carbocycles. The predicted octanol–water partition coefficient (Wildman–Crippen LogP) is 3.59. The lowest BCUT2D eigenvalue weighted by Gasteiger charge is -2.36. The summed E-state index contributed by atoms with van der Waals surface area (Å²) in [5, 5.41) is 0. The van der Waals surface area contributed by atoms with Gasteiger partial charge in [-0.3, -0.25) is 9.59 Å². The lowest BCUT2D eigenvalue weighted by atomic mass is 9.95. The number of carbonyl (C=O) groups is 2. The van der Waals surface area contributed by atoms with Crippen LogP contribution in [0.2, 0.25) is 4.34 Å². The smallest absolute Gasteiger partial charge is 0.222 e. The van der Waals surface area contributed by atoms with Crippen molar-refractivity contribution in [1.82, 2.24) is 9.80 Å². The van der Waals surface area contributed by atoms with Gasteiger partial charge in [0.1, 0.15) is 0 Å². The maximum Gasteiger partial charge on any atom is 0.222 e. The summed E-state index contributed by atoms with van der Waals surface area (Å²) in [5.74, 6) is 1.11. The van der Waals surface area contributed by atoms with Gasteiger partial charge < -0.3 is 9.80 Å². The van der Waals surface area contributed by atoms with Crippen molar-refractivity contribution in [2.24, 2.45) is 5.92 Å². The third-order valence-corrected chi connectivity index (χ3v) is 6.37. The van der Waals surface area contributed by atoms with Crippen molar-refractivity contribution in [3.63, 3.8) is 0 Å². The Morgan fingerprint density at radius 2 is 2.00 bits per heavy atom. The normalized spacial score (nSPS) is 19.8. The highest BCUT2D eigenvalue weighted by Gasteiger charge is 2.26. The van der Waals surface area contributed by atoms with E-state index in [4.69, 9.17) is 11.6 Å². The molecule has 0 radical (unpaired) electrons. The molecule has 2 fully saturated rings. The molecule has 2 aliphatic rings. The van der Waals surface area contributed by atoms with Crippen molar-refractivity contribution in [2.45, 2.75) is 44.9 Å². The third kappa shape index (κ3) is 4.73. The molecule has 2 saturated heterocycles. The number of carbonyl (C=O) groups excluding carboxylic acids is 2. The van der Waals surface area contributed by atoms with Gasteiger partial charge in [-0.1, -0.05) is 11.6 Å². The largest absolute Gasteiger partial charge is 0.343 e. The van der Waals surface area contributed by atoms with E-state index in [0.717, 1.165) is 62.6 Å². The average molecular weight is 369 g/mol. The van der Waals surface area contributed by atoms with Crippen LogP contribution in [0, 0.1) is 5.92 Å². The zero-order chi connectivity index (χ0) is 16.9. The van der Waals surface area contributed by atoms with Crippen molar-refractivity contribution in [3.8, 4) is 0 Å². The molecule has 0 unspecified atom stereocenters. The number of hydrogen-bond donors (Lipinski definition) is 0. The van der Waals surface area contributed by atoms with Crippen molar-refractivity contribution < 1.29 is 9.59 Å². The van der Waals surface area contributed by atoms with E-state index >= 15 is 0 Å². The third-order valence-electron chi connectivity index (χ3n) is 5.08. The number of halogens is 1. The molecular formula is C18H25ClN2O2S. The van der Waals surface area contributed by atoms with Crippen LogP contribution >= 0.6 is 22.9 Å². The molecule has 3 heterocycles. The molecule has 0 N–H and O–H groups in total. The van der Waals surface area contributed by atoms with E-state index in [1.54, 1.807) is 11.3 Å². The van der Waals surface area contributed by atoms with Crippen LogP contribution < -0.4 is 0 Å². The lowest BCUT2D eigenvalue weighted by Crippen LogP contribution is -2.44. The highest BCUT2D eigenvalue weighted by molar-refractivity contribution is 7.16. The SMILES string of the molecule is O=C(CCc1ccc(Cl)s1)N1CCC(CN2CCCCC2=O)CC1. The number of aryl methyl sites for hydroxylation is 1. The Labute approximate surface area is 152 Å². The van der Waals surface area contributed by atoms with Gasteiger partial charge in [0.25, 0.3) is 0 Å². The zero-order valence-corrected chi connectivity index (χ0v) is 15.6. The maximum atomic E-state index is 12.4. The van der Waals surface area contributed by atoms with Crippen LogP contribution in [0.25, 0.3) is 0 Å². The molecule has 24 heavy (non-hydrogen) atoms. The van der Waals surface area contributed by atoms with Crippen LogP contribution in [0.4, 0.5) is 0 Å². The molecule has 0 atom stereocenters. The summed E-state index contributed by atoms with van der Waals surface area (Å²) in [6.45, 7) is 3.46. The second-order valence-corrected chi connectivity index (χ2v) is 8.63. The van der Waals surface area contributed by atoms with Gasteiger partial charge in [-0.25, -0.2) is 0 Å². The Hall–Kier alpha value is -1.07. The summed E-state index contributed by atoms with van der Waals surface area (Å²) in [5.41, 5.74) is 0. The average Bonchev–Trinajstić information content (AvgIpc) is 3.01. The summed E-state index contributed by atoms with van der Waals surface area (Å²) in [7, 11) is 0. The van der Waals surface area contributed by atoms with E-state index < -0.39 is 0 Å². The number of piperidine rings is 2. The molecule has 2 amide bonds. The quantitative estimate of drug-likeness (QED) is 0.796. The number of likely N-dealkylation sites (tertiary alicyclic amines) is 2. The molecule has 1 aromatic heterocycles. The van der Waals surface area contributed by atoms with E-state index in [-0.39, 0.29) is 5.91 Å². The Morgan fingerprint density at radius 1 is 1.21 bits per heavy atom. The monoisotopic (exact) mass is 368 g/mol. The van der Waals surface area contributed by atoms with Gasteiger partial charge in [0, 0.05) is 43.9 Å². The van der Waals surface area contributed by atoms with E-state index in [1.165, 1.54) is 4.88 Å². The van der Waals surface area contributed by atoms with Crippen LogP contribution in [-0.4, -0.2) is 47.8 Å². The van der Waals surface area contributed by atoms with Crippen molar-refractivity contribution in [3.05, 3.63) is 21.3 Å². The van der Waals surface area contributed by atoms with Gasteiger partial charge in [-0.05, 0) is 50.2 Å². The predicted molar refractivity (Wildman–Crippen MR) is 97.4 cm³/mol. The van der Waals surface area contributed by atoms with Crippen LogP contribution in [0.5, 0.6) is 0 Å². The Kier molecular flexibility index (Phi) is 6.17. The van der Waals surface area contributed by atoms with Crippen molar-refractivity contribution in [2.75, 3.05) is 26.2 Å². The number of rotatable bonds is 5. The van der Waals surface area contributed by atoms with Crippen LogP contribution in [-0.2, 0) is 16.0 Å². The minimum Gasteiger partial charge on any atom is -0.343 e. The minimum atomic E-state index is 0.243. The standard InChI is InChI=1S/C18H25ClN2O2S/c19-16-6-4-15(24-16)5-7-18(23)20-11-8-14(9-12-20)13-21-10-2-1-3-17(21)22/h4,6,14H,1-3,5,7-13H2. The second kappa shape index (κ2) is 8.34. The summed E-state index contributed by atoms with van der Waals surface area (Å²) < 4.78 is 0.783. The molecule has 1 aromatic rings. The Balaban J connectivity index is 1.39. The fourth-order valence-electron chi connectivity index (χ4n) is 3.61. The fourth-order valence-corrected chi connectivity index (χ4v) is 4.69. The summed E-state index contributed by atoms with van der Waals surface area (Å²) >= 11 is 7.48. The number of nitrogens with zero attached hydrogens (tertiary/aromatic N) is 2. The van der Waals surface area contributed by atoms with E-state index in [2.05, 4.69) is 0 Å². The van der Waals surface area contributed by atoms with Gasteiger partial charge in [0.2, 0.25) is 11.8 Å². The molecule has 2 aliphatic heterocycles. The highest BCUT2D eigenvalue weighted by atomic mass is 35.5.